The minimum Gasteiger partial charge on any atom is -0.331 e. The highest BCUT2D eigenvalue weighted by molar-refractivity contribution is 7.91. The van der Waals surface area contributed by atoms with Crippen LogP contribution in [0.15, 0.2) is 48.5 Å². The zero-order valence-corrected chi connectivity index (χ0v) is 17.9. The van der Waals surface area contributed by atoms with Crippen LogP contribution in [0.2, 0.25) is 15.1 Å². The van der Waals surface area contributed by atoms with Crippen molar-refractivity contribution in [1.29, 1.82) is 0 Å². The molecule has 0 N–H and O–H groups in total. The highest BCUT2D eigenvalue weighted by Gasteiger charge is 2.34. The van der Waals surface area contributed by atoms with Gasteiger partial charge >= 0.3 is 0 Å². The second-order valence-corrected chi connectivity index (χ2v) is 10.2. The lowest BCUT2D eigenvalue weighted by Crippen LogP contribution is -2.39. The first kappa shape index (κ1) is 21.2. The number of carbonyl (C=O) groups is 1. The second-order valence-electron chi connectivity index (χ2n) is 6.65. The predicted molar refractivity (Wildman–Crippen MR) is 115 cm³/mol. The van der Waals surface area contributed by atoms with E-state index in [2.05, 4.69) is 0 Å². The maximum atomic E-state index is 12.9. The molecule has 1 saturated heterocycles. The lowest BCUT2D eigenvalue weighted by Gasteiger charge is -2.27. The number of amides is 1. The zero-order chi connectivity index (χ0) is 20.3. The van der Waals surface area contributed by atoms with Crippen molar-refractivity contribution in [2.75, 3.05) is 11.5 Å². The maximum Gasteiger partial charge on any atom is 0.247 e. The number of hydrogen-bond donors (Lipinski definition) is 0. The van der Waals surface area contributed by atoms with Gasteiger partial charge in [-0.3, -0.25) is 4.79 Å². The molecule has 0 unspecified atom stereocenters. The van der Waals surface area contributed by atoms with Crippen LogP contribution in [0.25, 0.3) is 6.08 Å². The van der Waals surface area contributed by atoms with Crippen molar-refractivity contribution in [1.82, 2.24) is 4.90 Å². The van der Waals surface area contributed by atoms with Gasteiger partial charge in [0.05, 0.1) is 11.5 Å². The molecule has 1 aliphatic heterocycles. The van der Waals surface area contributed by atoms with Crippen LogP contribution >= 0.6 is 34.8 Å². The Balaban J connectivity index is 1.84. The van der Waals surface area contributed by atoms with E-state index in [1.807, 2.05) is 6.07 Å². The molecule has 1 atom stereocenters. The molecule has 0 radical (unpaired) electrons. The lowest BCUT2D eigenvalue weighted by molar-refractivity contribution is -0.128. The van der Waals surface area contributed by atoms with E-state index in [0.717, 1.165) is 5.56 Å². The van der Waals surface area contributed by atoms with Gasteiger partial charge in [-0.2, -0.15) is 0 Å². The van der Waals surface area contributed by atoms with E-state index >= 15 is 0 Å². The van der Waals surface area contributed by atoms with Crippen molar-refractivity contribution in [2.24, 2.45) is 0 Å². The smallest absolute Gasteiger partial charge is 0.247 e. The van der Waals surface area contributed by atoms with Gasteiger partial charge in [0.1, 0.15) is 0 Å². The van der Waals surface area contributed by atoms with Crippen LogP contribution in [0.1, 0.15) is 17.5 Å². The largest absolute Gasteiger partial charge is 0.331 e. The quantitative estimate of drug-likeness (QED) is 0.600. The highest BCUT2D eigenvalue weighted by Crippen LogP contribution is 2.24. The van der Waals surface area contributed by atoms with E-state index in [1.54, 1.807) is 47.4 Å². The molecule has 4 nitrogen and oxygen atoms in total. The number of benzene rings is 2. The van der Waals surface area contributed by atoms with Crippen LogP contribution in [0.3, 0.4) is 0 Å². The zero-order valence-electron chi connectivity index (χ0n) is 14.8. The summed E-state index contributed by atoms with van der Waals surface area (Å²) in [6, 6.07) is 11.8. The summed E-state index contributed by atoms with van der Waals surface area (Å²) in [5, 5.41) is 1.50. The molecule has 1 heterocycles. The first-order valence-corrected chi connectivity index (χ1v) is 11.6. The number of hydrogen-bond acceptors (Lipinski definition) is 3. The van der Waals surface area contributed by atoms with Gasteiger partial charge in [-0.1, -0.05) is 53.0 Å². The molecule has 0 saturated carbocycles. The van der Waals surface area contributed by atoms with Crippen molar-refractivity contribution in [3.05, 3.63) is 74.7 Å². The van der Waals surface area contributed by atoms with Gasteiger partial charge in [0.2, 0.25) is 5.91 Å². The Morgan fingerprint density at radius 1 is 1.11 bits per heavy atom. The van der Waals surface area contributed by atoms with Crippen molar-refractivity contribution in [3.63, 3.8) is 0 Å². The molecule has 2 aromatic carbocycles. The van der Waals surface area contributed by atoms with Gasteiger partial charge in [-0.25, -0.2) is 8.42 Å². The topological polar surface area (TPSA) is 54.5 Å². The van der Waals surface area contributed by atoms with Crippen LogP contribution in [0.4, 0.5) is 0 Å². The summed E-state index contributed by atoms with van der Waals surface area (Å²) in [7, 11) is -3.13. The summed E-state index contributed by atoms with van der Waals surface area (Å²) >= 11 is 18.1. The average Bonchev–Trinajstić information content (AvgIpc) is 2.98. The van der Waals surface area contributed by atoms with Gasteiger partial charge in [-0.15, -0.1) is 0 Å². The number of sulfone groups is 1. The van der Waals surface area contributed by atoms with Crippen LogP contribution in [-0.2, 0) is 21.2 Å². The number of halogens is 3. The molecule has 148 valence electrons. The molecule has 1 aliphatic rings. The third kappa shape index (κ3) is 5.51. The first-order valence-electron chi connectivity index (χ1n) is 8.62. The maximum absolute atomic E-state index is 12.9. The normalized spacial score (nSPS) is 18.5. The van der Waals surface area contributed by atoms with Crippen LogP contribution in [0.5, 0.6) is 0 Å². The van der Waals surface area contributed by atoms with E-state index < -0.39 is 9.84 Å². The molecule has 3 rings (SSSR count). The summed E-state index contributed by atoms with van der Waals surface area (Å²) in [6.45, 7) is 0.276. The van der Waals surface area contributed by atoms with E-state index in [0.29, 0.717) is 27.1 Å². The van der Waals surface area contributed by atoms with Gasteiger partial charge < -0.3 is 4.90 Å². The third-order valence-electron chi connectivity index (χ3n) is 4.54. The Bertz CT molecular complexity index is 1020. The molecule has 0 spiro atoms. The SMILES string of the molecule is O=C(/C=C/c1ccc(Cl)cc1Cl)N(Cc1cccc(Cl)c1)[C@@H]1CCS(=O)(=O)C1. The summed E-state index contributed by atoms with van der Waals surface area (Å²) < 4.78 is 23.8. The van der Waals surface area contributed by atoms with Crippen LogP contribution < -0.4 is 0 Å². The van der Waals surface area contributed by atoms with E-state index in [-0.39, 0.29) is 30.0 Å². The standard InChI is InChI=1S/C20H18Cl3NO3S/c21-16-3-1-2-14(10-16)12-24(18-8-9-28(26,27)13-18)20(25)7-5-15-4-6-17(22)11-19(15)23/h1-7,10-11,18H,8-9,12-13H2/b7-5+/t18-/m1/s1. The molecule has 1 amide bonds. The fraction of sp³-hybridized carbons (Fsp3) is 0.250. The van der Waals surface area contributed by atoms with Crippen LogP contribution in [-0.4, -0.2) is 36.8 Å². The minimum atomic E-state index is -3.13. The minimum absolute atomic E-state index is 0.0329. The molecule has 0 aliphatic carbocycles. The van der Waals surface area contributed by atoms with E-state index in [4.69, 9.17) is 34.8 Å². The Morgan fingerprint density at radius 3 is 2.50 bits per heavy atom. The highest BCUT2D eigenvalue weighted by atomic mass is 35.5. The molecule has 28 heavy (non-hydrogen) atoms. The number of nitrogens with zero attached hydrogens (tertiary/aromatic N) is 1. The van der Waals surface area contributed by atoms with Crippen molar-refractivity contribution in [2.45, 2.75) is 19.0 Å². The third-order valence-corrected chi connectivity index (χ3v) is 7.09. The molecular formula is C20H18Cl3NO3S. The fourth-order valence-corrected chi connectivity index (χ4v) is 5.55. The Kier molecular flexibility index (Phi) is 6.71. The van der Waals surface area contributed by atoms with Crippen molar-refractivity contribution < 1.29 is 13.2 Å². The van der Waals surface area contributed by atoms with Crippen molar-refractivity contribution >= 4 is 56.6 Å². The van der Waals surface area contributed by atoms with E-state index in [1.165, 1.54) is 6.08 Å². The summed E-state index contributed by atoms with van der Waals surface area (Å²) in [6.07, 6.45) is 3.43. The molecule has 2 aromatic rings. The summed E-state index contributed by atoms with van der Waals surface area (Å²) in [5.41, 5.74) is 1.49. The average molecular weight is 459 g/mol. The lowest BCUT2D eigenvalue weighted by atomic mass is 10.1. The Labute approximate surface area is 179 Å². The van der Waals surface area contributed by atoms with Crippen LogP contribution in [0, 0.1) is 0 Å². The molecule has 0 aromatic heterocycles. The van der Waals surface area contributed by atoms with Gasteiger partial charge in [-0.05, 0) is 47.9 Å². The number of rotatable bonds is 5. The molecule has 1 fully saturated rings. The van der Waals surface area contributed by atoms with Crippen molar-refractivity contribution in [3.8, 4) is 0 Å². The summed E-state index contributed by atoms with van der Waals surface area (Å²) in [4.78, 5) is 14.5. The molecule has 0 bridgehead atoms. The monoisotopic (exact) mass is 457 g/mol. The molecule has 8 heteroatoms. The number of carbonyl (C=O) groups excluding carboxylic acids is 1. The van der Waals surface area contributed by atoms with Gasteiger partial charge in [0, 0.05) is 33.7 Å². The Morgan fingerprint density at radius 2 is 1.86 bits per heavy atom. The van der Waals surface area contributed by atoms with E-state index in [9.17, 15) is 13.2 Å². The Hall–Kier alpha value is -1.53. The van der Waals surface area contributed by atoms with Gasteiger partial charge in [0.25, 0.3) is 0 Å². The predicted octanol–water partition coefficient (Wildman–Crippen LogP) is 4.88. The summed E-state index contributed by atoms with van der Waals surface area (Å²) in [5.74, 6) is -0.230. The second kappa shape index (κ2) is 8.87. The first-order chi connectivity index (χ1) is 13.2. The molecular weight excluding hydrogens is 441 g/mol. The fourth-order valence-electron chi connectivity index (χ4n) is 3.13. The van der Waals surface area contributed by atoms with Gasteiger partial charge in [0.15, 0.2) is 9.84 Å².